The van der Waals surface area contributed by atoms with Crippen LogP contribution < -0.4 is 0 Å². The van der Waals surface area contributed by atoms with Crippen LogP contribution >= 0.6 is 11.6 Å². The van der Waals surface area contributed by atoms with E-state index in [0.29, 0.717) is 18.1 Å². The number of carbonyl (C=O) groups is 2. The van der Waals surface area contributed by atoms with Crippen molar-refractivity contribution in [2.75, 3.05) is 13.2 Å². The summed E-state index contributed by atoms with van der Waals surface area (Å²) >= 11 is 6.47. The Hall–Kier alpha value is -5.65. The summed E-state index contributed by atoms with van der Waals surface area (Å²) in [4.78, 5) is 60.0. The molecule has 0 radical (unpaired) electrons. The number of tetrazole rings is 1. The van der Waals surface area contributed by atoms with Gasteiger partial charge >= 0.3 is 11.9 Å². The van der Waals surface area contributed by atoms with E-state index in [1.54, 1.807) is 4.57 Å². The first kappa shape index (κ1) is 37.2. The molecule has 2 aromatic carbocycles. The van der Waals surface area contributed by atoms with Gasteiger partial charge in [0.25, 0.3) is 10.2 Å². The number of aromatic nitrogens is 6. The SMILES string of the molecule is CCCCc1nc(Cl)c(C(=O)O[C@H](C)C(=O)OCCCC[C@@H](CO[N+](=O)[O-])O[N+](=O)[O-])n1Cc1ccc(-c2ccccc2-c2nnn[nH]2)cc1. The zero-order valence-corrected chi connectivity index (χ0v) is 28.0. The molecule has 0 saturated carbocycles. The Morgan fingerprint density at radius 2 is 1.76 bits per heavy atom. The van der Waals surface area contributed by atoms with Gasteiger partial charge in [-0.15, -0.1) is 25.3 Å². The monoisotopic (exact) mass is 714 g/mol. The van der Waals surface area contributed by atoms with Gasteiger partial charge in [0.1, 0.15) is 18.5 Å². The summed E-state index contributed by atoms with van der Waals surface area (Å²) in [5, 5.41) is 33.0. The molecule has 2 aromatic heterocycles. The van der Waals surface area contributed by atoms with Crippen LogP contribution in [0.1, 0.15) is 67.8 Å². The molecule has 0 aliphatic carbocycles. The van der Waals surface area contributed by atoms with Gasteiger partial charge in [0.2, 0.25) is 0 Å². The molecule has 4 rings (SSSR count). The number of ether oxygens (including phenoxy) is 2. The number of nitrogens with one attached hydrogen (secondary N) is 1. The smallest absolute Gasteiger partial charge is 0.359 e. The Morgan fingerprint density at radius 3 is 2.42 bits per heavy atom. The number of halogens is 1. The molecule has 0 amide bonds. The van der Waals surface area contributed by atoms with Crippen molar-refractivity contribution in [1.29, 1.82) is 0 Å². The lowest BCUT2D eigenvalue weighted by molar-refractivity contribution is -0.790. The van der Waals surface area contributed by atoms with Crippen molar-refractivity contribution in [3.05, 3.63) is 91.0 Å². The van der Waals surface area contributed by atoms with Crippen molar-refractivity contribution >= 4 is 23.5 Å². The maximum absolute atomic E-state index is 13.4. The summed E-state index contributed by atoms with van der Waals surface area (Å²) in [5.74, 6) is -0.546. The van der Waals surface area contributed by atoms with E-state index >= 15 is 0 Å². The number of H-pyrrole nitrogens is 1. The highest BCUT2D eigenvalue weighted by Gasteiger charge is 2.28. The van der Waals surface area contributed by atoms with Gasteiger partial charge in [-0.1, -0.05) is 73.5 Å². The van der Waals surface area contributed by atoms with E-state index in [9.17, 15) is 29.8 Å². The third kappa shape index (κ3) is 10.4. The fraction of sp³-hybridized carbons (Fsp3) is 0.419. The number of hydrogen-bond acceptors (Lipinski definition) is 14. The summed E-state index contributed by atoms with van der Waals surface area (Å²) in [6, 6.07) is 15.5. The van der Waals surface area contributed by atoms with Gasteiger partial charge in [-0.2, -0.15) is 0 Å². The number of carbonyl (C=O) groups excluding carboxylic acids is 2. The standard InChI is InChI=1S/C31H35ClN8O10/c1-3-4-12-26-33-28(32)27(31(42)49-20(2)30(41)47-17-8-7-9-23(50-40(45)46)19-48-39(43)44)38(26)18-21-13-15-22(16-14-21)24-10-5-6-11-25(24)29-34-36-37-35-29/h5-6,10-11,13-16,20,23H,3-4,7-9,12,17-19H2,1-2H3,(H,34,35,36,37)/t20-,23+/m1/s1. The molecule has 4 aromatic rings. The van der Waals surface area contributed by atoms with Crippen LogP contribution in [-0.4, -0.2) is 77.7 Å². The summed E-state index contributed by atoms with van der Waals surface area (Å²) in [6.45, 7) is 2.92. The molecule has 0 saturated heterocycles. The molecular weight excluding hydrogens is 680 g/mol. The van der Waals surface area contributed by atoms with Crippen molar-refractivity contribution in [3.63, 3.8) is 0 Å². The molecular formula is C31H35ClN8O10. The van der Waals surface area contributed by atoms with Gasteiger partial charge in [0, 0.05) is 18.5 Å². The summed E-state index contributed by atoms with van der Waals surface area (Å²) < 4.78 is 12.3. The highest BCUT2D eigenvalue weighted by Crippen LogP contribution is 2.30. The van der Waals surface area contributed by atoms with Gasteiger partial charge in [-0.25, -0.2) is 19.7 Å². The predicted octanol–water partition coefficient (Wildman–Crippen LogP) is 4.82. The van der Waals surface area contributed by atoms with E-state index in [-0.39, 0.29) is 43.3 Å². The van der Waals surface area contributed by atoms with Crippen LogP contribution in [0.25, 0.3) is 22.5 Å². The van der Waals surface area contributed by atoms with Gasteiger partial charge in [-0.05, 0) is 59.7 Å². The Bertz CT molecular complexity index is 1750. The number of unbranched alkanes of at least 4 members (excludes halogenated alkanes) is 2. The normalized spacial score (nSPS) is 12.1. The number of aryl methyl sites for hydroxylation is 1. The molecule has 50 heavy (non-hydrogen) atoms. The number of benzene rings is 2. The topological polar surface area (TPSA) is 230 Å². The van der Waals surface area contributed by atoms with E-state index in [1.165, 1.54) is 6.92 Å². The maximum atomic E-state index is 13.4. The molecule has 0 unspecified atom stereocenters. The van der Waals surface area contributed by atoms with Crippen molar-refractivity contribution in [2.24, 2.45) is 0 Å². The van der Waals surface area contributed by atoms with Crippen LogP contribution in [0.3, 0.4) is 0 Å². The lowest BCUT2D eigenvalue weighted by Crippen LogP contribution is -2.28. The fourth-order valence-electron chi connectivity index (χ4n) is 5.01. The van der Waals surface area contributed by atoms with Gasteiger partial charge in [-0.3, -0.25) is 0 Å². The van der Waals surface area contributed by atoms with Crippen molar-refractivity contribution < 1.29 is 38.9 Å². The number of imidazole rings is 1. The highest BCUT2D eigenvalue weighted by atomic mass is 35.5. The molecule has 0 aliphatic heterocycles. The Morgan fingerprint density at radius 1 is 1.02 bits per heavy atom. The molecule has 0 bridgehead atoms. The Balaban J connectivity index is 1.39. The summed E-state index contributed by atoms with van der Waals surface area (Å²) in [5.41, 5.74) is 3.54. The van der Waals surface area contributed by atoms with Crippen molar-refractivity contribution in [3.8, 4) is 22.5 Å². The maximum Gasteiger partial charge on any atom is 0.359 e. The Kier molecular flexibility index (Phi) is 13.5. The number of hydrogen-bond donors (Lipinski definition) is 1. The predicted molar refractivity (Wildman–Crippen MR) is 175 cm³/mol. The number of rotatable bonds is 20. The van der Waals surface area contributed by atoms with Crippen LogP contribution in [0.4, 0.5) is 0 Å². The third-order valence-corrected chi connectivity index (χ3v) is 7.73. The molecule has 266 valence electrons. The second kappa shape index (κ2) is 18.2. The lowest BCUT2D eigenvalue weighted by atomic mass is 9.98. The molecule has 1 N–H and O–H groups in total. The fourth-order valence-corrected chi connectivity index (χ4v) is 5.28. The van der Waals surface area contributed by atoms with Crippen LogP contribution in [-0.2, 0) is 36.9 Å². The molecule has 0 fully saturated rings. The third-order valence-electron chi connectivity index (χ3n) is 7.47. The summed E-state index contributed by atoms with van der Waals surface area (Å²) in [7, 11) is 0. The minimum atomic E-state index is -1.29. The number of nitrogens with zero attached hydrogens (tertiary/aromatic N) is 7. The molecule has 0 spiro atoms. The zero-order chi connectivity index (χ0) is 36.0. The van der Waals surface area contributed by atoms with E-state index in [2.05, 4.69) is 35.3 Å². The van der Waals surface area contributed by atoms with Gasteiger partial charge < -0.3 is 23.7 Å². The molecule has 18 nitrogen and oxygen atoms in total. The van der Waals surface area contributed by atoms with Crippen LogP contribution in [0.15, 0.2) is 48.5 Å². The first-order valence-corrected chi connectivity index (χ1v) is 16.1. The zero-order valence-electron chi connectivity index (χ0n) is 27.2. The first-order valence-electron chi connectivity index (χ1n) is 15.7. The minimum Gasteiger partial charge on any atom is -0.463 e. The lowest BCUT2D eigenvalue weighted by Gasteiger charge is -2.16. The van der Waals surface area contributed by atoms with Crippen LogP contribution in [0.5, 0.6) is 0 Å². The number of esters is 2. The quantitative estimate of drug-likeness (QED) is 0.0560. The molecule has 0 aliphatic rings. The Labute approximate surface area is 290 Å². The highest BCUT2D eigenvalue weighted by molar-refractivity contribution is 6.32. The number of aromatic amines is 1. The molecule has 19 heteroatoms. The van der Waals surface area contributed by atoms with Crippen molar-refractivity contribution in [1.82, 2.24) is 30.2 Å². The largest absolute Gasteiger partial charge is 0.463 e. The molecule has 2 heterocycles. The second-order valence-corrected chi connectivity index (χ2v) is 11.4. The van der Waals surface area contributed by atoms with Crippen molar-refractivity contribution in [2.45, 2.75) is 71.1 Å². The van der Waals surface area contributed by atoms with Gasteiger partial charge in [0.05, 0.1) is 6.61 Å². The van der Waals surface area contributed by atoms with E-state index in [4.69, 9.17) is 21.1 Å². The van der Waals surface area contributed by atoms with Gasteiger partial charge in [0.15, 0.2) is 22.8 Å². The summed E-state index contributed by atoms with van der Waals surface area (Å²) in [6.07, 6.45) is 0.349. The minimum absolute atomic E-state index is 0.00145. The van der Waals surface area contributed by atoms with Crippen LogP contribution in [0, 0.1) is 20.2 Å². The van der Waals surface area contributed by atoms with Crippen LogP contribution in [0.2, 0.25) is 5.15 Å². The first-order chi connectivity index (χ1) is 24.1. The van der Waals surface area contributed by atoms with E-state index < -0.39 is 40.9 Å². The average Bonchev–Trinajstić information content (AvgIpc) is 3.74. The van der Waals surface area contributed by atoms with E-state index in [0.717, 1.165) is 35.1 Å². The molecule has 2 atom stereocenters. The second-order valence-electron chi connectivity index (χ2n) is 11.0. The van der Waals surface area contributed by atoms with E-state index in [1.807, 2.05) is 55.5 Å². The average molecular weight is 715 g/mol.